The largest absolute Gasteiger partial charge is 0.440 e. The highest BCUT2D eigenvalue weighted by molar-refractivity contribution is 6.84. The molecular formula is C18H32O4Si5. The van der Waals surface area contributed by atoms with Crippen LogP contribution in [-0.4, -0.2) is 45.2 Å². The van der Waals surface area contributed by atoms with E-state index >= 15 is 0 Å². The average molecular weight is 453 g/mol. The van der Waals surface area contributed by atoms with E-state index in [0.717, 1.165) is 5.19 Å². The molecule has 4 nitrogen and oxygen atoms in total. The molecule has 0 fully saturated rings. The van der Waals surface area contributed by atoms with Crippen LogP contribution in [0.3, 0.4) is 0 Å². The Balaban J connectivity index is 2.28. The summed E-state index contributed by atoms with van der Waals surface area (Å²) in [6.45, 7) is 13.0. The first-order valence-electron chi connectivity index (χ1n) is 9.53. The number of hydrogen-bond donors (Lipinski definition) is 0. The Hall–Kier alpha value is -0.636. The van der Waals surface area contributed by atoms with Gasteiger partial charge in [-0.25, -0.2) is 0 Å². The van der Waals surface area contributed by atoms with E-state index in [0.29, 0.717) is 0 Å². The zero-order valence-corrected chi connectivity index (χ0v) is 22.8. The van der Waals surface area contributed by atoms with Gasteiger partial charge in [-0.3, -0.25) is 0 Å². The molecule has 0 saturated carbocycles. The molecule has 2 atom stereocenters. The molecule has 2 aromatic carbocycles. The average Bonchev–Trinajstić information content (AvgIpc) is 2.60. The summed E-state index contributed by atoms with van der Waals surface area (Å²) in [7, 11) is -8.83. The predicted octanol–water partition coefficient (Wildman–Crippen LogP) is 1.98. The van der Waals surface area contributed by atoms with Gasteiger partial charge in [-0.2, -0.15) is 0 Å². The zero-order valence-electron chi connectivity index (χ0n) is 17.2. The van der Waals surface area contributed by atoms with Gasteiger partial charge in [0.2, 0.25) is 0 Å². The fourth-order valence-electron chi connectivity index (χ4n) is 2.80. The molecule has 0 radical (unpaired) electrons. The van der Waals surface area contributed by atoms with Gasteiger partial charge in [0.1, 0.15) is 0 Å². The fraction of sp³-hybridized carbons (Fsp3) is 0.333. The van der Waals surface area contributed by atoms with Crippen LogP contribution >= 0.6 is 0 Å². The van der Waals surface area contributed by atoms with Gasteiger partial charge in [-0.1, -0.05) is 60.7 Å². The van der Waals surface area contributed by atoms with Crippen molar-refractivity contribution in [2.75, 3.05) is 0 Å². The Morgan fingerprint density at radius 3 is 1.52 bits per heavy atom. The second-order valence-corrected chi connectivity index (χ2v) is 21.2. The number of benzene rings is 2. The molecule has 0 saturated heterocycles. The minimum Gasteiger partial charge on any atom is -0.440 e. The van der Waals surface area contributed by atoms with Crippen LogP contribution in [0.2, 0.25) is 39.3 Å². The molecule has 27 heavy (non-hydrogen) atoms. The number of hydrogen-bond acceptors (Lipinski definition) is 4. The highest BCUT2D eigenvalue weighted by Crippen LogP contribution is 2.12. The third kappa shape index (κ3) is 8.09. The van der Waals surface area contributed by atoms with E-state index in [1.807, 2.05) is 24.3 Å². The summed E-state index contributed by atoms with van der Waals surface area (Å²) >= 11 is 0. The van der Waals surface area contributed by atoms with Gasteiger partial charge < -0.3 is 16.5 Å². The summed E-state index contributed by atoms with van der Waals surface area (Å²) in [6.07, 6.45) is 0. The first-order valence-corrected chi connectivity index (χ1v) is 20.9. The first-order chi connectivity index (χ1) is 12.8. The standard InChI is InChI=1S/C18H32O4Si5/c1-23(2)19-25(17-13-9-7-10-14-17)20-26(18-15-11-8-12-16-18)22-27(5,6)21-24(3)4/h7-16,23-26H,1-6H3. The SMILES string of the molecule is C[SiH](C)O[SiH](O[SiH](O[Si](C)(C)O[SiH](C)C)c1ccccc1)c1ccccc1. The molecule has 0 aliphatic rings. The van der Waals surface area contributed by atoms with Gasteiger partial charge in [0.15, 0.2) is 18.1 Å². The van der Waals surface area contributed by atoms with Crippen molar-refractivity contribution in [1.29, 1.82) is 0 Å². The van der Waals surface area contributed by atoms with E-state index in [2.05, 4.69) is 75.7 Å². The summed E-state index contributed by atoms with van der Waals surface area (Å²) in [6, 6.07) is 20.7. The van der Waals surface area contributed by atoms with Crippen molar-refractivity contribution in [1.82, 2.24) is 0 Å². The molecule has 0 aliphatic heterocycles. The van der Waals surface area contributed by atoms with E-state index in [1.54, 1.807) is 0 Å². The molecule has 148 valence electrons. The molecule has 0 spiro atoms. The van der Waals surface area contributed by atoms with E-state index in [9.17, 15) is 0 Å². The van der Waals surface area contributed by atoms with Crippen LogP contribution in [0, 0.1) is 0 Å². The third-order valence-corrected chi connectivity index (χ3v) is 18.0. The first kappa shape index (κ1) is 22.7. The molecule has 0 bridgehead atoms. The zero-order chi connectivity index (χ0) is 19.9. The number of rotatable bonds is 10. The van der Waals surface area contributed by atoms with E-state index in [4.69, 9.17) is 16.5 Å². The Labute approximate surface area is 171 Å². The maximum atomic E-state index is 6.69. The van der Waals surface area contributed by atoms with Gasteiger partial charge in [0.25, 0.3) is 0 Å². The third-order valence-electron chi connectivity index (χ3n) is 3.70. The minimum absolute atomic E-state index is 1.15. The second-order valence-electron chi connectivity index (χ2n) is 7.49. The Morgan fingerprint density at radius 2 is 1.07 bits per heavy atom. The summed E-state index contributed by atoms with van der Waals surface area (Å²) in [5.74, 6) is 0. The van der Waals surface area contributed by atoms with Gasteiger partial charge in [-0.15, -0.1) is 0 Å². The second kappa shape index (κ2) is 10.8. The monoisotopic (exact) mass is 452 g/mol. The highest BCUT2D eigenvalue weighted by Gasteiger charge is 2.34. The van der Waals surface area contributed by atoms with Crippen LogP contribution in [-0.2, 0) is 16.5 Å². The molecule has 0 N–H and O–H groups in total. The van der Waals surface area contributed by atoms with Crippen molar-refractivity contribution < 1.29 is 16.5 Å². The molecule has 2 aromatic rings. The summed E-state index contributed by atoms with van der Waals surface area (Å²) < 4.78 is 25.9. The van der Waals surface area contributed by atoms with Gasteiger partial charge in [0.05, 0.1) is 0 Å². The van der Waals surface area contributed by atoms with E-state index in [1.165, 1.54) is 5.19 Å². The molecule has 9 heteroatoms. The van der Waals surface area contributed by atoms with Crippen LogP contribution in [0.5, 0.6) is 0 Å². The lowest BCUT2D eigenvalue weighted by Crippen LogP contribution is -2.54. The molecule has 2 rings (SSSR count). The fourth-order valence-corrected chi connectivity index (χ4v) is 18.1. The smallest absolute Gasteiger partial charge is 0.338 e. The van der Waals surface area contributed by atoms with E-state index in [-0.39, 0.29) is 0 Å². The maximum Gasteiger partial charge on any atom is 0.338 e. The van der Waals surface area contributed by atoms with Crippen LogP contribution in [0.25, 0.3) is 0 Å². The van der Waals surface area contributed by atoms with Crippen LogP contribution in [0.1, 0.15) is 0 Å². The summed E-state index contributed by atoms with van der Waals surface area (Å²) in [5.41, 5.74) is 0. The Morgan fingerprint density at radius 1 is 0.593 bits per heavy atom. The summed E-state index contributed by atoms with van der Waals surface area (Å²) in [4.78, 5) is 0. The Kier molecular flexibility index (Phi) is 9.05. The normalized spacial score (nSPS) is 14.5. The lowest BCUT2D eigenvalue weighted by molar-refractivity contribution is 0.346. The summed E-state index contributed by atoms with van der Waals surface area (Å²) in [5, 5.41) is 2.32. The molecule has 0 heterocycles. The predicted molar refractivity (Wildman–Crippen MR) is 126 cm³/mol. The van der Waals surface area contributed by atoms with Crippen LogP contribution in [0.4, 0.5) is 0 Å². The molecule has 0 aliphatic carbocycles. The topological polar surface area (TPSA) is 36.9 Å². The molecule has 0 amide bonds. The van der Waals surface area contributed by atoms with Crippen LogP contribution < -0.4 is 10.4 Å². The van der Waals surface area contributed by atoms with Crippen molar-refractivity contribution >= 4 is 55.6 Å². The molecular weight excluding hydrogens is 421 g/mol. The van der Waals surface area contributed by atoms with Crippen molar-refractivity contribution in [3.8, 4) is 0 Å². The highest BCUT2D eigenvalue weighted by atomic mass is 28.5. The van der Waals surface area contributed by atoms with Gasteiger partial charge in [-0.05, 0) is 49.7 Å². The molecule has 0 aromatic heterocycles. The van der Waals surface area contributed by atoms with Crippen molar-refractivity contribution in [2.45, 2.75) is 39.3 Å². The minimum atomic E-state index is -2.24. The Bertz CT molecular complexity index is 670. The molecule has 2 unspecified atom stereocenters. The van der Waals surface area contributed by atoms with E-state index < -0.39 is 45.2 Å². The van der Waals surface area contributed by atoms with Crippen molar-refractivity contribution in [3.63, 3.8) is 0 Å². The van der Waals surface area contributed by atoms with Gasteiger partial charge >= 0.3 is 27.1 Å². The lowest BCUT2D eigenvalue weighted by atomic mass is 10.4. The lowest BCUT2D eigenvalue weighted by Gasteiger charge is -2.32. The maximum absolute atomic E-state index is 6.69. The van der Waals surface area contributed by atoms with Crippen molar-refractivity contribution in [2.24, 2.45) is 0 Å². The van der Waals surface area contributed by atoms with Crippen LogP contribution in [0.15, 0.2) is 60.7 Å². The van der Waals surface area contributed by atoms with Gasteiger partial charge in [0, 0.05) is 0 Å². The quantitative estimate of drug-likeness (QED) is 0.517. The van der Waals surface area contributed by atoms with Crippen molar-refractivity contribution in [3.05, 3.63) is 60.7 Å².